The topological polar surface area (TPSA) is 80.3 Å². The lowest BCUT2D eigenvalue weighted by molar-refractivity contribution is 0.0949. The summed E-state index contributed by atoms with van der Waals surface area (Å²) in [5, 5.41) is 5.51. The van der Waals surface area contributed by atoms with Crippen molar-refractivity contribution in [2.45, 2.75) is 6.42 Å². The Morgan fingerprint density at radius 3 is 2.41 bits per heavy atom. The summed E-state index contributed by atoms with van der Waals surface area (Å²) in [6.07, 6.45) is 1.97. The van der Waals surface area contributed by atoms with Crippen LogP contribution in [-0.2, 0) is 6.42 Å². The van der Waals surface area contributed by atoms with E-state index in [0.29, 0.717) is 30.0 Å². The fraction of sp³-hybridized carbons (Fsp3) is 0.136. The zero-order valence-electron chi connectivity index (χ0n) is 15.8. The summed E-state index contributed by atoms with van der Waals surface area (Å²) in [6.45, 7) is 0.369. The van der Waals surface area contributed by atoms with Gasteiger partial charge in [-0.3, -0.25) is 14.6 Å². The standard InChI is InChI=1S/C22H20FN3O3/c1-29-19-8-6-18(7-9-19)26-21(27)16-11-13-24-20(14-16)22(28)25-12-10-15-2-4-17(23)5-3-15/h2-9,11,13-14H,10,12H2,1H3,(H,25,28)(H,26,27). The fourth-order valence-electron chi connectivity index (χ4n) is 2.64. The molecule has 2 amide bonds. The van der Waals surface area contributed by atoms with Gasteiger partial charge in [-0.15, -0.1) is 0 Å². The molecule has 3 rings (SSSR count). The van der Waals surface area contributed by atoms with E-state index in [2.05, 4.69) is 15.6 Å². The van der Waals surface area contributed by atoms with Crippen molar-refractivity contribution >= 4 is 17.5 Å². The van der Waals surface area contributed by atoms with Crippen LogP contribution in [0.15, 0.2) is 66.9 Å². The Morgan fingerprint density at radius 1 is 1.00 bits per heavy atom. The number of ether oxygens (including phenoxy) is 1. The summed E-state index contributed by atoms with van der Waals surface area (Å²) in [7, 11) is 1.57. The third-order valence-electron chi connectivity index (χ3n) is 4.22. The quantitative estimate of drug-likeness (QED) is 0.644. The van der Waals surface area contributed by atoms with Crippen molar-refractivity contribution in [3.05, 3.63) is 89.5 Å². The van der Waals surface area contributed by atoms with Crippen LogP contribution in [0.25, 0.3) is 0 Å². The number of methoxy groups -OCH3 is 1. The van der Waals surface area contributed by atoms with Gasteiger partial charge in [0.1, 0.15) is 17.3 Å². The Labute approximate surface area is 167 Å². The second kappa shape index (κ2) is 9.45. The molecule has 1 aromatic heterocycles. The maximum absolute atomic E-state index is 12.9. The number of rotatable bonds is 7. The summed E-state index contributed by atoms with van der Waals surface area (Å²) >= 11 is 0. The van der Waals surface area contributed by atoms with Crippen LogP contribution in [-0.4, -0.2) is 30.5 Å². The van der Waals surface area contributed by atoms with E-state index in [9.17, 15) is 14.0 Å². The SMILES string of the molecule is COc1ccc(NC(=O)c2ccnc(C(=O)NCCc3ccc(F)cc3)c2)cc1. The molecular formula is C22H20FN3O3. The molecule has 0 saturated carbocycles. The first kappa shape index (κ1) is 20.0. The molecule has 0 radical (unpaired) electrons. The summed E-state index contributed by atoms with van der Waals surface area (Å²) < 4.78 is 18.0. The van der Waals surface area contributed by atoms with Gasteiger partial charge in [-0.05, 0) is 60.5 Å². The minimum Gasteiger partial charge on any atom is -0.497 e. The maximum Gasteiger partial charge on any atom is 0.269 e. The zero-order valence-corrected chi connectivity index (χ0v) is 15.8. The molecule has 0 aliphatic carbocycles. The lowest BCUT2D eigenvalue weighted by atomic mass is 10.1. The van der Waals surface area contributed by atoms with Crippen molar-refractivity contribution in [2.24, 2.45) is 0 Å². The summed E-state index contributed by atoms with van der Waals surface area (Å²) in [5.74, 6) is -0.345. The van der Waals surface area contributed by atoms with Gasteiger partial charge < -0.3 is 15.4 Å². The molecule has 3 aromatic rings. The largest absolute Gasteiger partial charge is 0.497 e. The fourth-order valence-corrected chi connectivity index (χ4v) is 2.64. The normalized spacial score (nSPS) is 10.3. The van der Waals surface area contributed by atoms with Crippen molar-refractivity contribution in [1.29, 1.82) is 0 Å². The number of hydrogen-bond donors (Lipinski definition) is 2. The van der Waals surface area contributed by atoms with E-state index in [1.165, 1.54) is 30.5 Å². The minimum atomic E-state index is -0.383. The Balaban J connectivity index is 1.57. The minimum absolute atomic E-state index is 0.145. The van der Waals surface area contributed by atoms with Crippen LogP contribution in [0, 0.1) is 5.82 Å². The number of anilines is 1. The highest BCUT2D eigenvalue weighted by Gasteiger charge is 2.12. The third kappa shape index (κ3) is 5.62. The summed E-state index contributed by atoms with van der Waals surface area (Å²) in [5.41, 5.74) is 1.98. The van der Waals surface area contributed by atoms with Gasteiger partial charge in [-0.2, -0.15) is 0 Å². The van der Waals surface area contributed by atoms with Crippen molar-refractivity contribution < 1.29 is 18.7 Å². The molecule has 2 N–H and O–H groups in total. The Bertz CT molecular complexity index is 989. The number of carbonyl (C=O) groups is 2. The number of hydrogen-bond acceptors (Lipinski definition) is 4. The molecule has 0 spiro atoms. The number of nitrogens with one attached hydrogen (secondary N) is 2. The van der Waals surface area contributed by atoms with E-state index in [-0.39, 0.29) is 23.3 Å². The van der Waals surface area contributed by atoms with Crippen molar-refractivity contribution in [3.8, 4) is 5.75 Å². The van der Waals surface area contributed by atoms with Crippen LogP contribution < -0.4 is 15.4 Å². The van der Waals surface area contributed by atoms with Gasteiger partial charge in [-0.1, -0.05) is 12.1 Å². The predicted octanol–water partition coefficient (Wildman–Crippen LogP) is 3.45. The molecule has 1 heterocycles. The number of aromatic nitrogens is 1. The maximum atomic E-state index is 12.9. The van der Waals surface area contributed by atoms with Crippen LogP contribution in [0.4, 0.5) is 10.1 Å². The zero-order chi connectivity index (χ0) is 20.6. The Kier molecular flexibility index (Phi) is 6.52. The smallest absolute Gasteiger partial charge is 0.269 e. The monoisotopic (exact) mass is 393 g/mol. The van der Waals surface area contributed by atoms with Gasteiger partial charge in [0.2, 0.25) is 0 Å². The van der Waals surface area contributed by atoms with Gasteiger partial charge in [0.05, 0.1) is 7.11 Å². The number of nitrogens with zero attached hydrogens (tertiary/aromatic N) is 1. The average Bonchev–Trinajstić information content (AvgIpc) is 2.75. The van der Waals surface area contributed by atoms with Crippen molar-refractivity contribution in [2.75, 3.05) is 19.0 Å². The van der Waals surface area contributed by atoms with Gasteiger partial charge in [0.25, 0.3) is 11.8 Å². The van der Waals surface area contributed by atoms with E-state index in [1.54, 1.807) is 43.5 Å². The molecule has 0 fully saturated rings. The van der Waals surface area contributed by atoms with E-state index in [1.807, 2.05) is 0 Å². The van der Waals surface area contributed by atoms with E-state index >= 15 is 0 Å². The van der Waals surface area contributed by atoms with Crippen LogP contribution in [0.2, 0.25) is 0 Å². The molecule has 29 heavy (non-hydrogen) atoms. The molecular weight excluding hydrogens is 373 g/mol. The first-order valence-corrected chi connectivity index (χ1v) is 8.99. The molecule has 0 atom stereocenters. The molecule has 7 heteroatoms. The molecule has 0 bridgehead atoms. The Hall–Kier alpha value is -3.74. The Morgan fingerprint density at radius 2 is 1.72 bits per heavy atom. The van der Waals surface area contributed by atoms with E-state index < -0.39 is 0 Å². The molecule has 148 valence electrons. The highest BCUT2D eigenvalue weighted by Crippen LogP contribution is 2.16. The summed E-state index contributed by atoms with van der Waals surface area (Å²) in [6, 6.07) is 16.0. The van der Waals surface area contributed by atoms with Crippen molar-refractivity contribution in [3.63, 3.8) is 0 Å². The van der Waals surface area contributed by atoms with E-state index in [4.69, 9.17) is 4.74 Å². The van der Waals surface area contributed by atoms with Crippen molar-refractivity contribution in [1.82, 2.24) is 10.3 Å². The number of carbonyl (C=O) groups excluding carboxylic acids is 2. The van der Waals surface area contributed by atoms with Crippen LogP contribution in [0.1, 0.15) is 26.4 Å². The first-order valence-electron chi connectivity index (χ1n) is 8.99. The van der Waals surface area contributed by atoms with Gasteiger partial charge >= 0.3 is 0 Å². The molecule has 0 aliphatic rings. The van der Waals surface area contributed by atoms with Crippen LogP contribution in [0.3, 0.4) is 0 Å². The number of amides is 2. The van der Waals surface area contributed by atoms with Gasteiger partial charge in [0.15, 0.2) is 0 Å². The lowest BCUT2D eigenvalue weighted by Gasteiger charge is -2.08. The predicted molar refractivity (Wildman–Crippen MR) is 108 cm³/mol. The molecule has 0 saturated heterocycles. The lowest BCUT2D eigenvalue weighted by Crippen LogP contribution is -2.27. The second-order valence-electron chi connectivity index (χ2n) is 6.24. The molecule has 6 nitrogen and oxygen atoms in total. The average molecular weight is 393 g/mol. The van der Waals surface area contributed by atoms with Crippen LogP contribution in [0.5, 0.6) is 5.75 Å². The molecule has 0 unspecified atom stereocenters. The molecule has 2 aromatic carbocycles. The number of pyridine rings is 1. The number of benzene rings is 2. The number of halogens is 1. The van der Waals surface area contributed by atoms with Crippen LogP contribution >= 0.6 is 0 Å². The third-order valence-corrected chi connectivity index (χ3v) is 4.22. The molecule has 0 aliphatic heterocycles. The van der Waals surface area contributed by atoms with Gasteiger partial charge in [0, 0.05) is 24.0 Å². The first-order chi connectivity index (χ1) is 14.0. The highest BCUT2D eigenvalue weighted by molar-refractivity contribution is 6.05. The van der Waals surface area contributed by atoms with E-state index in [0.717, 1.165) is 5.56 Å². The summed E-state index contributed by atoms with van der Waals surface area (Å²) in [4.78, 5) is 28.8. The van der Waals surface area contributed by atoms with Gasteiger partial charge in [-0.25, -0.2) is 4.39 Å². The highest BCUT2D eigenvalue weighted by atomic mass is 19.1. The second-order valence-corrected chi connectivity index (χ2v) is 6.24.